The Balaban J connectivity index is 1.56. The first-order valence-electron chi connectivity index (χ1n) is 9.12. The molecule has 0 fully saturated rings. The van der Waals surface area contributed by atoms with Crippen molar-refractivity contribution in [1.29, 1.82) is 0 Å². The molecule has 0 spiro atoms. The van der Waals surface area contributed by atoms with Gasteiger partial charge < -0.3 is 9.72 Å². The van der Waals surface area contributed by atoms with E-state index >= 15 is 0 Å². The lowest BCUT2D eigenvalue weighted by molar-refractivity contribution is 0.309. The molecule has 148 valence electrons. The molecule has 29 heavy (non-hydrogen) atoms. The average Bonchev–Trinajstić information content (AvgIpc) is 3.13. The number of H-pyrrole nitrogens is 1. The first kappa shape index (κ1) is 19.3. The normalized spacial score (nSPS) is 11.3. The molecule has 0 aliphatic carbocycles. The molecule has 0 atom stereocenters. The third kappa shape index (κ3) is 4.06. The van der Waals surface area contributed by atoms with Crippen LogP contribution in [0.2, 0.25) is 0 Å². The van der Waals surface area contributed by atoms with E-state index < -0.39 is 5.82 Å². The number of benzene rings is 2. The number of aromatic nitrogens is 2. The highest BCUT2D eigenvalue weighted by Crippen LogP contribution is 2.30. The number of hydrogen-bond acceptors (Lipinski definition) is 5. The van der Waals surface area contributed by atoms with E-state index in [1.54, 1.807) is 6.07 Å². The largest absolute Gasteiger partial charge is 0.494 e. The van der Waals surface area contributed by atoms with Gasteiger partial charge in [0.05, 0.1) is 19.0 Å². The van der Waals surface area contributed by atoms with Crippen LogP contribution in [-0.2, 0) is 13.1 Å². The molecular formula is C22H20FN3O2S. The van der Waals surface area contributed by atoms with E-state index in [0.717, 1.165) is 16.7 Å². The standard InChI is InChI=1S/C22H20FN3O2S/c1-26(11-14-8-9-18(28-2)17(23)10-14)12-19-24-21(27)20-16(13-29-22(20)25-19)15-6-4-3-5-7-15/h3-10,13H,11-12H2,1-2H3,(H,24,25,27). The first-order chi connectivity index (χ1) is 14.0. The summed E-state index contributed by atoms with van der Waals surface area (Å²) in [5.41, 5.74) is 2.57. The Morgan fingerprint density at radius 1 is 1.17 bits per heavy atom. The molecule has 0 amide bonds. The van der Waals surface area contributed by atoms with E-state index in [0.29, 0.717) is 29.1 Å². The predicted molar refractivity (Wildman–Crippen MR) is 114 cm³/mol. The van der Waals surface area contributed by atoms with Crippen molar-refractivity contribution in [2.24, 2.45) is 0 Å². The number of thiophene rings is 1. The van der Waals surface area contributed by atoms with Crippen LogP contribution in [0.1, 0.15) is 11.4 Å². The summed E-state index contributed by atoms with van der Waals surface area (Å²) in [7, 11) is 3.34. The Morgan fingerprint density at radius 2 is 1.97 bits per heavy atom. The monoisotopic (exact) mass is 409 g/mol. The van der Waals surface area contributed by atoms with Crippen LogP contribution in [0, 0.1) is 5.82 Å². The number of nitrogens with zero attached hydrogens (tertiary/aromatic N) is 2. The summed E-state index contributed by atoms with van der Waals surface area (Å²) < 4.78 is 18.8. The Hall–Kier alpha value is -3.03. The van der Waals surface area contributed by atoms with Crippen LogP contribution in [-0.4, -0.2) is 29.0 Å². The average molecular weight is 409 g/mol. The number of nitrogens with one attached hydrogen (secondary N) is 1. The van der Waals surface area contributed by atoms with Gasteiger partial charge in [0.1, 0.15) is 10.7 Å². The number of methoxy groups -OCH3 is 1. The Kier molecular flexibility index (Phi) is 5.42. The Morgan fingerprint density at radius 3 is 2.69 bits per heavy atom. The molecule has 0 saturated carbocycles. The van der Waals surface area contributed by atoms with Gasteiger partial charge in [0.2, 0.25) is 0 Å². The fourth-order valence-corrected chi connectivity index (χ4v) is 4.30. The van der Waals surface area contributed by atoms with Crippen LogP contribution in [0.5, 0.6) is 5.75 Å². The molecule has 2 heterocycles. The summed E-state index contributed by atoms with van der Waals surface area (Å²) in [4.78, 5) is 23.0. The summed E-state index contributed by atoms with van der Waals surface area (Å²) in [6, 6.07) is 14.7. The zero-order chi connectivity index (χ0) is 20.4. The number of ether oxygens (including phenoxy) is 1. The molecule has 0 aliphatic rings. The van der Waals surface area contributed by atoms with E-state index in [2.05, 4.69) is 9.97 Å². The van der Waals surface area contributed by atoms with Gasteiger partial charge in [-0.25, -0.2) is 9.37 Å². The van der Waals surface area contributed by atoms with E-state index in [1.165, 1.54) is 24.5 Å². The van der Waals surface area contributed by atoms with Gasteiger partial charge in [-0.1, -0.05) is 36.4 Å². The van der Waals surface area contributed by atoms with Crippen LogP contribution in [0.15, 0.2) is 58.7 Å². The van der Waals surface area contributed by atoms with Crippen LogP contribution in [0.4, 0.5) is 4.39 Å². The third-order valence-electron chi connectivity index (χ3n) is 4.67. The number of aromatic amines is 1. The number of hydrogen-bond donors (Lipinski definition) is 1. The zero-order valence-electron chi connectivity index (χ0n) is 16.1. The lowest BCUT2D eigenvalue weighted by Gasteiger charge is -2.16. The highest BCUT2D eigenvalue weighted by atomic mass is 32.1. The molecule has 7 heteroatoms. The summed E-state index contributed by atoms with van der Waals surface area (Å²) in [6.45, 7) is 0.958. The second-order valence-electron chi connectivity index (χ2n) is 6.85. The van der Waals surface area contributed by atoms with E-state index in [4.69, 9.17) is 4.74 Å². The first-order valence-corrected chi connectivity index (χ1v) is 10.00. The molecular weight excluding hydrogens is 389 g/mol. The fraction of sp³-hybridized carbons (Fsp3) is 0.182. The van der Waals surface area contributed by atoms with Gasteiger partial charge >= 0.3 is 0 Å². The Bertz CT molecular complexity index is 1200. The highest BCUT2D eigenvalue weighted by Gasteiger charge is 2.14. The predicted octanol–water partition coefficient (Wildman–Crippen LogP) is 4.43. The van der Waals surface area contributed by atoms with Gasteiger partial charge in [0.25, 0.3) is 5.56 Å². The molecule has 4 aromatic rings. The molecule has 2 aromatic heterocycles. The smallest absolute Gasteiger partial charge is 0.260 e. The van der Waals surface area contributed by atoms with Crippen LogP contribution >= 0.6 is 11.3 Å². The molecule has 0 radical (unpaired) electrons. The minimum Gasteiger partial charge on any atom is -0.494 e. The lowest BCUT2D eigenvalue weighted by atomic mass is 10.1. The molecule has 5 nitrogen and oxygen atoms in total. The molecule has 1 N–H and O–H groups in total. The van der Waals surface area contributed by atoms with Gasteiger partial charge in [0.15, 0.2) is 11.6 Å². The van der Waals surface area contributed by atoms with Crippen LogP contribution < -0.4 is 10.3 Å². The van der Waals surface area contributed by atoms with Crippen molar-refractivity contribution in [3.05, 3.63) is 81.5 Å². The number of rotatable bonds is 6. The van der Waals surface area contributed by atoms with Crippen molar-refractivity contribution in [3.63, 3.8) is 0 Å². The molecule has 0 aliphatic heterocycles. The van der Waals surface area contributed by atoms with Gasteiger partial charge in [-0.2, -0.15) is 0 Å². The molecule has 2 aromatic carbocycles. The zero-order valence-corrected chi connectivity index (χ0v) is 16.9. The van der Waals surface area contributed by atoms with Gasteiger partial charge in [0, 0.05) is 17.5 Å². The molecule has 0 bridgehead atoms. The van der Waals surface area contributed by atoms with E-state index in [-0.39, 0.29) is 11.3 Å². The minimum absolute atomic E-state index is 0.144. The summed E-state index contributed by atoms with van der Waals surface area (Å²) in [5.74, 6) is 0.415. The summed E-state index contributed by atoms with van der Waals surface area (Å²) in [6.07, 6.45) is 0. The quantitative estimate of drug-likeness (QED) is 0.512. The van der Waals surface area contributed by atoms with Crippen LogP contribution in [0.3, 0.4) is 0 Å². The number of halogens is 1. The van der Waals surface area contributed by atoms with Crippen molar-refractivity contribution in [3.8, 4) is 16.9 Å². The van der Waals surface area contributed by atoms with Crippen molar-refractivity contribution in [1.82, 2.24) is 14.9 Å². The van der Waals surface area contributed by atoms with Gasteiger partial charge in [-0.3, -0.25) is 9.69 Å². The Labute approximate surface area is 171 Å². The van der Waals surface area contributed by atoms with Crippen molar-refractivity contribution < 1.29 is 9.13 Å². The van der Waals surface area contributed by atoms with Crippen LogP contribution in [0.25, 0.3) is 21.3 Å². The maximum Gasteiger partial charge on any atom is 0.260 e. The van der Waals surface area contributed by atoms with Crippen molar-refractivity contribution in [2.45, 2.75) is 13.1 Å². The molecule has 0 unspecified atom stereocenters. The van der Waals surface area contributed by atoms with Crippen molar-refractivity contribution >= 4 is 21.6 Å². The fourth-order valence-electron chi connectivity index (χ4n) is 3.33. The lowest BCUT2D eigenvalue weighted by Crippen LogP contribution is -2.21. The summed E-state index contributed by atoms with van der Waals surface area (Å²) in [5, 5.41) is 2.58. The molecule has 0 saturated heterocycles. The van der Waals surface area contributed by atoms with Crippen molar-refractivity contribution in [2.75, 3.05) is 14.2 Å². The van der Waals surface area contributed by atoms with E-state index in [1.807, 2.05) is 53.7 Å². The second kappa shape index (κ2) is 8.14. The third-order valence-corrected chi connectivity index (χ3v) is 5.54. The van der Waals surface area contributed by atoms with E-state index in [9.17, 15) is 9.18 Å². The maximum absolute atomic E-state index is 13.9. The van der Waals surface area contributed by atoms with Gasteiger partial charge in [-0.05, 0) is 30.3 Å². The summed E-state index contributed by atoms with van der Waals surface area (Å²) >= 11 is 1.46. The number of fused-ring (bicyclic) bond motifs is 1. The SMILES string of the molecule is COc1ccc(CN(C)Cc2nc3scc(-c4ccccc4)c3c(=O)[nH]2)cc1F. The second-order valence-corrected chi connectivity index (χ2v) is 7.71. The minimum atomic E-state index is -0.390. The topological polar surface area (TPSA) is 58.2 Å². The maximum atomic E-state index is 13.9. The molecule has 4 rings (SSSR count). The van der Waals surface area contributed by atoms with Gasteiger partial charge in [-0.15, -0.1) is 11.3 Å². The highest BCUT2D eigenvalue weighted by molar-refractivity contribution is 7.17.